The summed E-state index contributed by atoms with van der Waals surface area (Å²) in [7, 11) is -2.49. The zero-order valence-corrected chi connectivity index (χ0v) is 12.5. The van der Waals surface area contributed by atoms with Crippen LogP contribution in [-0.2, 0) is 9.09 Å². The van der Waals surface area contributed by atoms with E-state index in [0.29, 0.717) is 0 Å². The van der Waals surface area contributed by atoms with Crippen molar-refractivity contribution in [1.82, 2.24) is 0 Å². The highest BCUT2D eigenvalue weighted by Crippen LogP contribution is 2.38. The summed E-state index contributed by atoms with van der Waals surface area (Å²) in [6.45, 7) is 6.43. The topological polar surface area (TPSA) is 46.5 Å². The molecule has 0 bridgehead atoms. The quantitative estimate of drug-likeness (QED) is 0.536. The third-order valence-electron chi connectivity index (χ3n) is 3.23. The fourth-order valence-corrected chi connectivity index (χ4v) is 2.78. The van der Waals surface area contributed by atoms with Gasteiger partial charge in [0.2, 0.25) is 0 Å². The van der Waals surface area contributed by atoms with Crippen molar-refractivity contribution in [2.75, 3.05) is 0 Å². The van der Waals surface area contributed by atoms with E-state index in [2.05, 4.69) is 20.8 Å². The van der Waals surface area contributed by atoms with Crippen molar-refractivity contribution in [3.63, 3.8) is 0 Å². The maximum Gasteiger partial charge on any atom is 0.366 e. The molecule has 0 aliphatic rings. The summed E-state index contributed by atoms with van der Waals surface area (Å²) < 4.78 is 16.4. The lowest BCUT2D eigenvalue weighted by Gasteiger charge is -2.32. The largest absolute Gasteiger partial charge is 0.366 e. The van der Waals surface area contributed by atoms with Crippen LogP contribution in [0.4, 0.5) is 0 Å². The number of hydrogen-bond acceptors (Lipinski definition) is 2. The van der Waals surface area contributed by atoms with Gasteiger partial charge in [-0.2, -0.15) is 0 Å². The van der Waals surface area contributed by atoms with Gasteiger partial charge >= 0.3 is 8.25 Å². The summed E-state index contributed by atoms with van der Waals surface area (Å²) in [6, 6.07) is 0. The van der Waals surface area contributed by atoms with E-state index in [1.165, 1.54) is 0 Å². The summed E-state index contributed by atoms with van der Waals surface area (Å²) in [5.74, 6) is 0. The predicted octanol–water partition coefficient (Wildman–Crippen LogP) is 4.96. The molecule has 1 radical (unpaired) electrons. The van der Waals surface area contributed by atoms with Crippen LogP contribution in [0.25, 0.3) is 0 Å². The van der Waals surface area contributed by atoms with E-state index in [-0.39, 0.29) is 5.60 Å². The first-order valence-electron chi connectivity index (χ1n) is 6.95. The first-order valence-corrected chi connectivity index (χ1v) is 8.08. The Bertz CT molecular complexity index is 185. The molecular formula is C13H28O3P. The van der Waals surface area contributed by atoms with Crippen LogP contribution < -0.4 is 0 Å². The van der Waals surface area contributed by atoms with E-state index in [0.717, 1.165) is 57.8 Å². The van der Waals surface area contributed by atoms with E-state index < -0.39 is 8.25 Å². The monoisotopic (exact) mass is 263 g/mol. The molecule has 0 heterocycles. The van der Waals surface area contributed by atoms with E-state index in [4.69, 9.17) is 9.42 Å². The molecule has 0 aromatic heterocycles. The van der Waals surface area contributed by atoms with Gasteiger partial charge in [-0.05, 0) is 19.3 Å². The Balaban J connectivity index is 4.56. The molecule has 0 spiro atoms. The Morgan fingerprint density at radius 3 is 1.53 bits per heavy atom. The number of hydrogen-bond donors (Lipinski definition) is 1. The lowest BCUT2D eigenvalue weighted by atomic mass is 9.86. The molecule has 0 aliphatic carbocycles. The van der Waals surface area contributed by atoms with Crippen LogP contribution in [0, 0.1) is 0 Å². The fourth-order valence-electron chi connectivity index (χ4n) is 2.17. The van der Waals surface area contributed by atoms with Crippen molar-refractivity contribution < 1.29 is 14.0 Å². The van der Waals surface area contributed by atoms with Gasteiger partial charge in [-0.1, -0.05) is 59.3 Å². The van der Waals surface area contributed by atoms with Crippen LogP contribution in [0.15, 0.2) is 0 Å². The van der Waals surface area contributed by atoms with Crippen molar-refractivity contribution in [3.8, 4) is 0 Å². The van der Waals surface area contributed by atoms with Gasteiger partial charge in [0, 0.05) is 0 Å². The Labute approximate surface area is 107 Å². The second-order valence-electron chi connectivity index (χ2n) is 4.82. The molecule has 1 N–H and O–H groups in total. The lowest BCUT2D eigenvalue weighted by molar-refractivity contribution is 0.0320. The molecule has 0 saturated heterocycles. The molecule has 4 heteroatoms. The Kier molecular flexibility index (Phi) is 10.0. The number of unbranched alkanes of at least 4 members (excludes halogenated alkanes) is 3. The normalized spacial score (nSPS) is 12.8. The fraction of sp³-hybridized carbons (Fsp3) is 1.00. The van der Waals surface area contributed by atoms with Crippen LogP contribution in [0.5, 0.6) is 0 Å². The average molecular weight is 263 g/mol. The average Bonchev–Trinajstić information content (AvgIpc) is 2.30. The minimum absolute atomic E-state index is 0.357. The highest BCUT2D eigenvalue weighted by Gasteiger charge is 2.31. The molecule has 0 amide bonds. The van der Waals surface area contributed by atoms with Gasteiger partial charge in [0.05, 0.1) is 5.60 Å². The molecule has 3 nitrogen and oxygen atoms in total. The van der Waals surface area contributed by atoms with Crippen LogP contribution in [0.1, 0.15) is 78.6 Å². The summed E-state index contributed by atoms with van der Waals surface area (Å²) in [4.78, 5) is 9.07. The second-order valence-corrected chi connectivity index (χ2v) is 5.48. The van der Waals surface area contributed by atoms with Gasteiger partial charge in [-0.3, -0.25) is 9.42 Å². The molecule has 0 aromatic carbocycles. The van der Waals surface area contributed by atoms with Crippen molar-refractivity contribution in [2.24, 2.45) is 0 Å². The molecule has 0 saturated carbocycles. The highest BCUT2D eigenvalue weighted by atomic mass is 31.1. The third kappa shape index (κ3) is 7.86. The van der Waals surface area contributed by atoms with Gasteiger partial charge in [0.25, 0.3) is 0 Å². The third-order valence-corrected chi connectivity index (χ3v) is 3.77. The summed E-state index contributed by atoms with van der Waals surface area (Å²) >= 11 is 0. The Morgan fingerprint density at radius 2 is 1.29 bits per heavy atom. The van der Waals surface area contributed by atoms with Crippen molar-refractivity contribution in [3.05, 3.63) is 0 Å². The smallest absolute Gasteiger partial charge is 0.298 e. The van der Waals surface area contributed by atoms with Gasteiger partial charge in [0.15, 0.2) is 0 Å². The minimum Gasteiger partial charge on any atom is -0.298 e. The first kappa shape index (κ1) is 17.0. The molecule has 0 aliphatic heterocycles. The van der Waals surface area contributed by atoms with Crippen LogP contribution >= 0.6 is 8.25 Å². The summed E-state index contributed by atoms with van der Waals surface area (Å²) in [5.41, 5.74) is -0.357. The zero-order chi connectivity index (χ0) is 13.1. The summed E-state index contributed by atoms with van der Waals surface area (Å²) in [6.07, 6.45) is 9.23. The van der Waals surface area contributed by atoms with Crippen LogP contribution in [0.3, 0.4) is 0 Å². The highest BCUT2D eigenvalue weighted by molar-refractivity contribution is 7.32. The van der Waals surface area contributed by atoms with Crippen molar-refractivity contribution in [1.29, 1.82) is 0 Å². The van der Waals surface area contributed by atoms with E-state index in [1.807, 2.05) is 0 Å². The molecule has 17 heavy (non-hydrogen) atoms. The SMILES string of the molecule is CCCCC(CCCC)(CCCC)O[P](=O)O. The van der Waals surface area contributed by atoms with E-state index in [9.17, 15) is 4.57 Å². The zero-order valence-electron chi connectivity index (χ0n) is 11.6. The van der Waals surface area contributed by atoms with E-state index in [1.54, 1.807) is 0 Å². The Hall–Kier alpha value is 0.0200. The molecular weight excluding hydrogens is 235 g/mol. The molecule has 0 aromatic rings. The Morgan fingerprint density at radius 1 is 0.941 bits per heavy atom. The first-order chi connectivity index (χ1) is 8.10. The summed E-state index contributed by atoms with van der Waals surface area (Å²) in [5, 5.41) is 0. The second kappa shape index (κ2) is 9.99. The van der Waals surface area contributed by atoms with Gasteiger partial charge in [-0.15, -0.1) is 0 Å². The molecule has 1 atom stereocenters. The number of rotatable bonds is 11. The molecule has 1 unspecified atom stereocenters. The molecule has 0 rings (SSSR count). The van der Waals surface area contributed by atoms with Gasteiger partial charge in [-0.25, -0.2) is 4.57 Å². The maximum absolute atomic E-state index is 11.0. The molecule has 103 valence electrons. The predicted molar refractivity (Wildman–Crippen MR) is 72.2 cm³/mol. The van der Waals surface area contributed by atoms with Crippen molar-refractivity contribution in [2.45, 2.75) is 84.2 Å². The van der Waals surface area contributed by atoms with Crippen LogP contribution in [-0.4, -0.2) is 10.5 Å². The van der Waals surface area contributed by atoms with E-state index >= 15 is 0 Å². The molecule has 0 fully saturated rings. The van der Waals surface area contributed by atoms with Gasteiger partial charge in [0.1, 0.15) is 0 Å². The standard InChI is InChI=1S/C13H28O3P/c1-4-7-10-13(11-8-5-2,12-9-6-3)16-17(14)15/h4-12H2,1-3H3,(H,14,15). The maximum atomic E-state index is 11.0. The lowest BCUT2D eigenvalue weighted by Crippen LogP contribution is -2.30. The van der Waals surface area contributed by atoms with Crippen LogP contribution in [0.2, 0.25) is 0 Å². The van der Waals surface area contributed by atoms with Crippen molar-refractivity contribution >= 4 is 8.25 Å². The van der Waals surface area contributed by atoms with Gasteiger partial charge < -0.3 is 0 Å². The minimum atomic E-state index is -2.49.